The molecule has 1 aromatic rings. The number of likely N-dealkylation sites (tertiary alicyclic amines) is 1. The van der Waals surface area contributed by atoms with E-state index in [1.807, 2.05) is 12.1 Å². The lowest BCUT2D eigenvalue weighted by molar-refractivity contribution is -0.140. The fourth-order valence-corrected chi connectivity index (χ4v) is 2.36. The quantitative estimate of drug-likeness (QED) is 0.830. The molecule has 88 valence electrons. The highest BCUT2D eigenvalue weighted by atomic mass is 16.4. The van der Waals surface area contributed by atoms with Gasteiger partial charge in [-0.1, -0.05) is 6.92 Å². The average molecular weight is 223 g/mol. The second kappa shape index (κ2) is 4.70. The molecule has 4 heteroatoms. The number of nitrogens with zero attached hydrogens (tertiary/aromatic N) is 1. The number of carbonyl (C=O) groups is 1. The molecule has 0 spiro atoms. The Morgan fingerprint density at radius 3 is 2.94 bits per heavy atom. The molecule has 1 atom stereocenters. The first-order valence-corrected chi connectivity index (χ1v) is 5.70. The van der Waals surface area contributed by atoms with Crippen LogP contribution in [0.25, 0.3) is 0 Å². The Kier molecular flexibility index (Phi) is 3.29. The van der Waals surface area contributed by atoms with Crippen LogP contribution in [0.1, 0.15) is 31.6 Å². The molecule has 0 aliphatic carbocycles. The van der Waals surface area contributed by atoms with Crippen LogP contribution in [0.5, 0.6) is 0 Å². The Morgan fingerprint density at radius 1 is 1.69 bits per heavy atom. The summed E-state index contributed by atoms with van der Waals surface area (Å²) in [5, 5.41) is 8.68. The van der Waals surface area contributed by atoms with Crippen LogP contribution >= 0.6 is 0 Å². The minimum Gasteiger partial charge on any atom is -0.481 e. The van der Waals surface area contributed by atoms with E-state index in [4.69, 9.17) is 9.52 Å². The van der Waals surface area contributed by atoms with E-state index in [1.165, 1.54) is 0 Å². The van der Waals surface area contributed by atoms with Gasteiger partial charge in [0.15, 0.2) is 0 Å². The van der Waals surface area contributed by atoms with Crippen molar-refractivity contribution < 1.29 is 14.3 Å². The van der Waals surface area contributed by atoms with Crippen molar-refractivity contribution in [1.29, 1.82) is 0 Å². The lowest BCUT2D eigenvalue weighted by atomic mass is 9.93. The first-order valence-electron chi connectivity index (χ1n) is 5.70. The molecule has 2 heterocycles. The lowest BCUT2D eigenvalue weighted by Crippen LogP contribution is -2.48. The van der Waals surface area contributed by atoms with E-state index in [1.54, 1.807) is 6.26 Å². The average Bonchev–Trinajstić information content (AvgIpc) is 2.67. The molecular formula is C12H17NO3. The summed E-state index contributed by atoms with van der Waals surface area (Å²) in [4.78, 5) is 12.8. The number of carboxylic acids is 1. The van der Waals surface area contributed by atoms with Crippen molar-refractivity contribution in [3.05, 3.63) is 24.2 Å². The summed E-state index contributed by atoms with van der Waals surface area (Å²) in [5.41, 5.74) is 0. The highest BCUT2D eigenvalue weighted by Gasteiger charge is 2.34. The molecule has 0 aromatic carbocycles. The highest BCUT2D eigenvalue weighted by molar-refractivity contribution is 5.67. The summed E-state index contributed by atoms with van der Waals surface area (Å²) >= 11 is 0. The predicted octanol–water partition coefficient (Wildman–Crippen LogP) is 2.14. The Balaban J connectivity index is 1.88. The van der Waals surface area contributed by atoms with Gasteiger partial charge >= 0.3 is 5.97 Å². The molecule has 0 radical (unpaired) electrons. The van der Waals surface area contributed by atoms with Gasteiger partial charge in [-0.2, -0.15) is 0 Å². The number of rotatable bonds is 5. The molecule has 1 aromatic heterocycles. The maximum Gasteiger partial charge on any atom is 0.303 e. The van der Waals surface area contributed by atoms with Crippen molar-refractivity contribution in [2.75, 3.05) is 13.1 Å². The van der Waals surface area contributed by atoms with Gasteiger partial charge in [0.2, 0.25) is 0 Å². The van der Waals surface area contributed by atoms with Gasteiger partial charge in [0.05, 0.1) is 18.7 Å². The predicted molar refractivity (Wildman–Crippen MR) is 59.1 cm³/mol. The van der Waals surface area contributed by atoms with Crippen LogP contribution in [-0.4, -0.2) is 29.1 Å². The molecule has 4 nitrogen and oxygen atoms in total. The summed E-state index contributed by atoms with van der Waals surface area (Å²) < 4.78 is 5.40. The minimum absolute atomic E-state index is 0.283. The Bertz CT molecular complexity index is 341. The number of hydrogen-bond donors (Lipinski definition) is 1. The van der Waals surface area contributed by atoms with E-state index in [0.29, 0.717) is 12.0 Å². The van der Waals surface area contributed by atoms with E-state index >= 15 is 0 Å². The Morgan fingerprint density at radius 2 is 2.44 bits per heavy atom. The van der Waals surface area contributed by atoms with E-state index in [0.717, 1.165) is 25.3 Å². The largest absolute Gasteiger partial charge is 0.481 e. The Labute approximate surface area is 94.9 Å². The zero-order valence-electron chi connectivity index (χ0n) is 9.43. The zero-order valence-corrected chi connectivity index (χ0v) is 9.43. The molecule has 16 heavy (non-hydrogen) atoms. The fourth-order valence-electron chi connectivity index (χ4n) is 2.36. The van der Waals surface area contributed by atoms with E-state index in [2.05, 4.69) is 11.8 Å². The minimum atomic E-state index is -0.698. The standard InChI is InChI=1S/C12H17NO3/c1-2-10(11-4-3-5-16-11)13-7-9(8-13)6-12(14)15/h3-5,9-10H,2,6-8H2,1H3,(H,14,15). The van der Waals surface area contributed by atoms with Crippen LogP contribution in [0, 0.1) is 5.92 Å². The zero-order chi connectivity index (χ0) is 11.5. The first-order chi connectivity index (χ1) is 7.70. The summed E-state index contributed by atoms with van der Waals surface area (Å²) in [6.45, 7) is 3.86. The molecule has 0 bridgehead atoms. The molecule has 0 saturated carbocycles. The smallest absolute Gasteiger partial charge is 0.303 e. The molecule has 1 fully saturated rings. The van der Waals surface area contributed by atoms with Crippen LogP contribution in [-0.2, 0) is 4.79 Å². The second-order valence-electron chi connectivity index (χ2n) is 4.36. The van der Waals surface area contributed by atoms with Gasteiger partial charge in [-0.25, -0.2) is 0 Å². The van der Waals surface area contributed by atoms with Crippen molar-refractivity contribution >= 4 is 5.97 Å². The third-order valence-electron chi connectivity index (χ3n) is 3.15. The monoisotopic (exact) mass is 223 g/mol. The van der Waals surface area contributed by atoms with Crippen molar-refractivity contribution in [3.63, 3.8) is 0 Å². The summed E-state index contributed by atoms with van der Waals surface area (Å²) in [6.07, 6.45) is 2.96. The van der Waals surface area contributed by atoms with Crippen molar-refractivity contribution in [3.8, 4) is 0 Å². The van der Waals surface area contributed by atoms with Crippen LogP contribution < -0.4 is 0 Å². The van der Waals surface area contributed by atoms with Crippen molar-refractivity contribution in [2.24, 2.45) is 5.92 Å². The topological polar surface area (TPSA) is 53.7 Å². The number of carboxylic acid groups (broad SMARTS) is 1. The molecule has 1 saturated heterocycles. The molecule has 1 N–H and O–H groups in total. The summed E-state index contributed by atoms with van der Waals surface area (Å²) in [6, 6.07) is 4.19. The van der Waals surface area contributed by atoms with E-state index in [-0.39, 0.29) is 6.42 Å². The van der Waals surface area contributed by atoms with Crippen LogP contribution in [0.2, 0.25) is 0 Å². The maximum atomic E-state index is 10.5. The number of hydrogen-bond acceptors (Lipinski definition) is 3. The third-order valence-corrected chi connectivity index (χ3v) is 3.15. The first kappa shape index (κ1) is 11.2. The van der Waals surface area contributed by atoms with Crippen LogP contribution in [0.4, 0.5) is 0 Å². The normalized spacial score (nSPS) is 19.3. The third kappa shape index (κ3) is 2.27. The molecule has 1 unspecified atom stereocenters. The molecule has 1 aliphatic rings. The van der Waals surface area contributed by atoms with Gasteiger partial charge in [-0.05, 0) is 24.5 Å². The lowest BCUT2D eigenvalue weighted by Gasteiger charge is -2.42. The maximum absolute atomic E-state index is 10.5. The van der Waals surface area contributed by atoms with Gasteiger partial charge in [-0.3, -0.25) is 9.69 Å². The SMILES string of the molecule is CCC(c1ccco1)N1CC(CC(=O)O)C1. The van der Waals surface area contributed by atoms with E-state index in [9.17, 15) is 4.79 Å². The van der Waals surface area contributed by atoms with Crippen molar-refractivity contribution in [1.82, 2.24) is 4.90 Å². The van der Waals surface area contributed by atoms with Gasteiger partial charge < -0.3 is 9.52 Å². The van der Waals surface area contributed by atoms with Gasteiger partial charge in [0.25, 0.3) is 0 Å². The van der Waals surface area contributed by atoms with Gasteiger partial charge in [0.1, 0.15) is 5.76 Å². The van der Waals surface area contributed by atoms with Crippen LogP contribution in [0.3, 0.4) is 0 Å². The number of furan rings is 1. The molecule has 0 amide bonds. The molecule has 2 rings (SSSR count). The number of aliphatic carboxylic acids is 1. The Hall–Kier alpha value is -1.29. The second-order valence-corrected chi connectivity index (χ2v) is 4.36. The van der Waals surface area contributed by atoms with Gasteiger partial charge in [-0.15, -0.1) is 0 Å². The van der Waals surface area contributed by atoms with Crippen LogP contribution in [0.15, 0.2) is 22.8 Å². The van der Waals surface area contributed by atoms with Gasteiger partial charge in [0, 0.05) is 13.1 Å². The summed E-state index contributed by atoms with van der Waals surface area (Å²) in [7, 11) is 0. The molecular weight excluding hydrogens is 206 g/mol. The highest BCUT2D eigenvalue weighted by Crippen LogP contribution is 2.32. The van der Waals surface area contributed by atoms with Crippen molar-refractivity contribution in [2.45, 2.75) is 25.8 Å². The summed E-state index contributed by atoms with van der Waals surface area (Å²) in [5.74, 6) is 0.591. The van der Waals surface area contributed by atoms with E-state index < -0.39 is 5.97 Å². The molecule has 1 aliphatic heterocycles. The fraction of sp³-hybridized carbons (Fsp3) is 0.583.